The first kappa shape index (κ1) is 19.7. The zero-order chi connectivity index (χ0) is 20.8. The molecule has 1 aliphatic heterocycles. The van der Waals surface area contributed by atoms with E-state index < -0.39 is 5.91 Å². The number of nitrogens with one attached hydrogen (secondary N) is 3. The Labute approximate surface area is 173 Å². The minimum Gasteiger partial charge on any atom is -0.491 e. The summed E-state index contributed by atoms with van der Waals surface area (Å²) in [7, 11) is 0. The van der Waals surface area contributed by atoms with Gasteiger partial charge < -0.3 is 20.4 Å². The predicted molar refractivity (Wildman–Crippen MR) is 112 cm³/mol. The molecule has 3 N–H and O–H groups in total. The minimum atomic E-state index is -0.485. The van der Waals surface area contributed by atoms with E-state index in [2.05, 4.69) is 32.4 Å². The number of rotatable bonds is 6. The van der Waals surface area contributed by atoms with E-state index in [-0.39, 0.29) is 5.82 Å². The summed E-state index contributed by atoms with van der Waals surface area (Å²) in [5, 5.41) is 6.13. The average Bonchev–Trinajstić information content (AvgIpc) is 3.25. The lowest BCUT2D eigenvalue weighted by Crippen LogP contribution is -2.43. The van der Waals surface area contributed by atoms with Crippen LogP contribution in [0.1, 0.15) is 18.4 Å². The maximum Gasteiger partial charge on any atom is 0.300 e. The van der Waals surface area contributed by atoms with Gasteiger partial charge in [-0.1, -0.05) is 5.92 Å². The summed E-state index contributed by atoms with van der Waals surface area (Å²) in [6, 6.07) is 11.6. The molecule has 30 heavy (non-hydrogen) atoms. The van der Waals surface area contributed by atoms with E-state index in [4.69, 9.17) is 4.74 Å². The van der Waals surface area contributed by atoms with Crippen LogP contribution in [0, 0.1) is 17.7 Å². The second-order valence-electron chi connectivity index (χ2n) is 6.94. The summed E-state index contributed by atoms with van der Waals surface area (Å²) in [4.78, 5) is 19.7. The first-order valence-electron chi connectivity index (χ1n) is 9.76. The lowest BCUT2D eigenvalue weighted by Gasteiger charge is -2.27. The van der Waals surface area contributed by atoms with Gasteiger partial charge in [0.1, 0.15) is 17.4 Å². The van der Waals surface area contributed by atoms with Crippen molar-refractivity contribution in [3.8, 4) is 29.0 Å². The smallest absolute Gasteiger partial charge is 0.300 e. The Morgan fingerprint density at radius 2 is 2.10 bits per heavy atom. The van der Waals surface area contributed by atoms with Crippen molar-refractivity contribution in [3.63, 3.8) is 0 Å². The van der Waals surface area contributed by atoms with Crippen LogP contribution >= 0.6 is 0 Å². The number of hydrogen-bond donors (Lipinski definition) is 3. The quantitative estimate of drug-likeness (QED) is 0.551. The fourth-order valence-corrected chi connectivity index (χ4v) is 3.05. The summed E-state index contributed by atoms with van der Waals surface area (Å²) in [6.07, 6.45) is 5.45. The molecule has 0 bridgehead atoms. The zero-order valence-electron chi connectivity index (χ0n) is 16.2. The number of nitrogens with zero attached hydrogens (tertiary/aromatic N) is 1. The Balaban J connectivity index is 1.49. The van der Waals surface area contributed by atoms with Crippen molar-refractivity contribution in [3.05, 3.63) is 66.2 Å². The standard InChI is InChI=1S/C23H21FN4O2/c24-18-5-1-16(2-6-18)3-8-22(29)28-20-15-17(23-26-12-13-27-23)4-7-21(20)30-14-10-19-9-11-25-19/h1-2,4-7,12-13,15,19,25H,9-11,14H2,(H,26,27)(H,28,29). The molecule has 1 atom stereocenters. The van der Waals surface area contributed by atoms with E-state index in [1.165, 1.54) is 24.3 Å². The number of benzene rings is 2. The van der Waals surface area contributed by atoms with Crippen molar-refractivity contribution in [2.45, 2.75) is 18.9 Å². The zero-order valence-corrected chi connectivity index (χ0v) is 16.2. The number of ether oxygens (including phenoxy) is 1. The van der Waals surface area contributed by atoms with Gasteiger partial charge in [-0.15, -0.1) is 0 Å². The maximum atomic E-state index is 13.0. The van der Waals surface area contributed by atoms with Gasteiger partial charge in [0.25, 0.3) is 0 Å². The van der Waals surface area contributed by atoms with Gasteiger partial charge in [0.2, 0.25) is 0 Å². The van der Waals surface area contributed by atoms with Crippen molar-refractivity contribution in [2.24, 2.45) is 0 Å². The van der Waals surface area contributed by atoms with E-state index in [1.807, 2.05) is 12.1 Å². The average molecular weight is 404 g/mol. The molecule has 1 amide bonds. The number of aromatic nitrogens is 2. The maximum absolute atomic E-state index is 13.0. The molecule has 7 heteroatoms. The van der Waals surface area contributed by atoms with Crippen molar-refractivity contribution in [1.29, 1.82) is 0 Å². The second kappa shape index (κ2) is 9.25. The van der Waals surface area contributed by atoms with Crippen molar-refractivity contribution < 1.29 is 13.9 Å². The number of hydrogen-bond acceptors (Lipinski definition) is 4. The second-order valence-corrected chi connectivity index (χ2v) is 6.94. The number of amides is 1. The van der Waals surface area contributed by atoms with E-state index in [9.17, 15) is 9.18 Å². The third-order valence-corrected chi connectivity index (χ3v) is 4.81. The fraction of sp³-hybridized carbons (Fsp3) is 0.217. The summed E-state index contributed by atoms with van der Waals surface area (Å²) >= 11 is 0. The highest BCUT2D eigenvalue weighted by Crippen LogP contribution is 2.30. The molecule has 0 aliphatic carbocycles. The van der Waals surface area contributed by atoms with Crippen molar-refractivity contribution in [2.75, 3.05) is 18.5 Å². The molecule has 1 unspecified atom stereocenters. The van der Waals surface area contributed by atoms with Gasteiger partial charge in [0.15, 0.2) is 0 Å². The molecule has 1 fully saturated rings. The first-order chi connectivity index (χ1) is 14.7. The monoisotopic (exact) mass is 404 g/mol. The minimum absolute atomic E-state index is 0.348. The van der Waals surface area contributed by atoms with Crippen molar-refractivity contribution in [1.82, 2.24) is 15.3 Å². The highest BCUT2D eigenvalue weighted by Gasteiger charge is 2.16. The van der Waals surface area contributed by atoms with Crippen LogP contribution in [0.25, 0.3) is 11.4 Å². The third-order valence-electron chi connectivity index (χ3n) is 4.81. The molecular formula is C23H21FN4O2. The summed E-state index contributed by atoms with van der Waals surface area (Å²) in [5.41, 5.74) is 1.89. The Hall–Kier alpha value is -3.63. The predicted octanol–water partition coefficient (Wildman–Crippen LogP) is 3.34. The highest BCUT2D eigenvalue weighted by molar-refractivity contribution is 6.05. The van der Waals surface area contributed by atoms with Gasteiger partial charge in [-0.05, 0) is 61.9 Å². The lowest BCUT2D eigenvalue weighted by molar-refractivity contribution is -0.111. The van der Waals surface area contributed by atoms with Crippen LogP contribution < -0.4 is 15.4 Å². The number of H-pyrrole nitrogens is 1. The normalized spacial score (nSPS) is 14.9. The molecule has 4 rings (SSSR count). The number of anilines is 1. The van der Waals surface area contributed by atoms with E-state index in [1.54, 1.807) is 18.5 Å². The molecule has 0 spiro atoms. The Morgan fingerprint density at radius 1 is 1.27 bits per heavy atom. The van der Waals surface area contributed by atoms with Crippen LogP contribution in [0.5, 0.6) is 5.75 Å². The fourth-order valence-electron chi connectivity index (χ4n) is 3.05. The van der Waals surface area contributed by atoms with Crippen LogP contribution in [-0.4, -0.2) is 35.1 Å². The number of imidazole rings is 1. The highest BCUT2D eigenvalue weighted by atomic mass is 19.1. The SMILES string of the molecule is O=C(C#Cc1ccc(F)cc1)Nc1cc(-c2ncc[nH]2)ccc1OCCC1CCN1. The molecule has 1 aromatic heterocycles. The van der Waals surface area contributed by atoms with Crippen LogP contribution in [-0.2, 0) is 4.79 Å². The van der Waals surface area contributed by atoms with Crippen LogP contribution in [0.4, 0.5) is 10.1 Å². The van der Waals surface area contributed by atoms with Gasteiger partial charge in [0, 0.05) is 35.5 Å². The molecule has 2 heterocycles. The lowest BCUT2D eigenvalue weighted by atomic mass is 10.0. The molecule has 152 valence electrons. The molecule has 3 aromatic rings. The Kier molecular flexibility index (Phi) is 6.06. The molecule has 1 saturated heterocycles. The molecule has 2 aromatic carbocycles. The summed E-state index contributed by atoms with van der Waals surface area (Å²) in [6.45, 7) is 1.60. The van der Waals surface area contributed by atoms with Gasteiger partial charge in [-0.2, -0.15) is 0 Å². The Morgan fingerprint density at radius 3 is 2.80 bits per heavy atom. The third kappa shape index (κ3) is 5.04. The van der Waals surface area contributed by atoms with E-state index in [0.29, 0.717) is 35.5 Å². The molecular weight excluding hydrogens is 383 g/mol. The number of halogens is 1. The van der Waals surface area contributed by atoms with Crippen molar-refractivity contribution >= 4 is 11.6 Å². The van der Waals surface area contributed by atoms with Crippen LogP contribution in [0.3, 0.4) is 0 Å². The molecule has 6 nitrogen and oxygen atoms in total. The largest absolute Gasteiger partial charge is 0.491 e. The topological polar surface area (TPSA) is 79.0 Å². The Bertz CT molecular complexity index is 1060. The van der Waals surface area contributed by atoms with Gasteiger partial charge in [-0.25, -0.2) is 9.37 Å². The van der Waals surface area contributed by atoms with Gasteiger partial charge >= 0.3 is 5.91 Å². The first-order valence-corrected chi connectivity index (χ1v) is 9.76. The van der Waals surface area contributed by atoms with E-state index in [0.717, 1.165) is 24.9 Å². The number of carbonyl (C=O) groups excluding carboxylic acids is 1. The van der Waals surface area contributed by atoms with Gasteiger partial charge in [0.05, 0.1) is 12.3 Å². The summed E-state index contributed by atoms with van der Waals surface area (Å²) < 4.78 is 18.9. The summed E-state index contributed by atoms with van der Waals surface area (Å²) in [5.74, 6) is 5.69. The number of carbonyl (C=O) groups is 1. The van der Waals surface area contributed by atoms with Crippen LogP contribution in [0.15, 0.2) is 54.9 Å². The van der Waals surface area contributed by atoms with Gasteiger partial charge in [-0.3, -0.25) is 4.79 Å². The van der Waals surface area contributed by atoms with E-state index >= 15 is 0 Å². The molecule has 0 radical (unpaired) electrons. The molecule has 1 aliphatic rings. The molecule has 0 saturated carbocycles. The number of aromatic amines is 1. The van der Waals surface area contributed by atoms with Crippen LogP contribution in [0.2, 0.25) is 0 Å².